The van der Waals surface area contributed by atoms with Crippen LogP contribution in [0.2, 0.25) is 0 Å². The Labute approximate surface area is 202 Å². The molecule has 0 bridgehead atoms. The maximum absolute atomic E-state index is 13.2. The van der Waals surface area contributed by atoms with Gasteiger partial charge in [0.25, 0.3) is 0 Å². The van der Waals surface area contributed by atoms with Gasteiger partial charge in [-0.2, -0.15) is 0 Å². The number of benzene rings is 1. The van der Waals surface area contributed by atoms with Gasteiger partial charge in [0.15, 0.2) is 0 Å². The van der Waals surface area contributed by atoms with E-state index in [1.807, 2.05) is 58.0 Å². The number of rotatable bonds is 16. The zero-order valence-corrected chi connectivity index (χ0v) is 20.9. The molecule has 0 spiro atoms. The van der Waals surface area contributed by atoms with Crippen LogP contribution in [0.3, 0.4) is 0 Å². The van der Waals surface area contributed by atoms with E-state index in [-0.39, 0.29) is 44.0 Å². The van der Waals surface area contributed by atoms with Gasteiger partial charge in [-0.25, -0.2) is 5.06 Å². The van der Waals surface area contributed by atoms with E-state index >= 15 is 0 Å². The Balaban J connectivity index is 2.83. The molecule has 0 aliphatic rings. The second-order valence-electron chi connectivity index (χ2n) is 9.00. The highest BCUT2D eigenvalue weighted by Gasteiger charge is 2.28. The molecular weight excluding hydrogens is 438 g/mol. The number of ether oxygens (including phenoxy) is 1. The third kappa shape index (κ3) is 11.8. The largest absolute Gasteiger partial charge is 0.465 e. The second kappa shape index (κ2) is 15.8. The van der Waals surface area contributed by atoms with E-state index in [0.717, 1.165) is 10.6 Å². The van der Waals surface area contributed by atoms with E-state index in [1.165, 1.54) is 0 Å². The molecule has 2 N–H and O–H groups in total. The van der Waals surface area contributed by atoms with Crippen LogP contribution in [0.25, 0.3) is 0 Å². The molecule has 0 aliphatic carbocycles. The Morgan fingerprint density at radius 3 is 2.21 bits per heavy atom. The zero-order chi connectivity index (χ0) is 25.5. The minimum absolute atomic E-state index is 0.0548. The van der Waals surface area contributed by atoms with Crippen molar-refractivity contribution >= 4 is 24.2 Å². The summed E-state index contributed by atoms with van der Waals surface area (Å²) in [6.45, 7) is 9.73. The Morgan fingerprint density at radius 1 is 1.00 bits per heavy atom. The third-order valence-electron chi connectivity index (χ3n) is 4.94. The average molecular weight is 478 g/mol. The first-order valence-electron chi connectivity index (χ1n) is 11.8. The maximum Gasteiger partial charge on any atom is 0.325 e. The molecule has 0 saturated carbocycles. The molecule has 0 radical (unpaired) electrons. The molecule has 0 aliphatic heterocycles. The van der Waals surface area contributed by atoms with Crippen molar-refractivity contribution in [2.75, 3.05) is 19.7 Å². The molecule has 9 nitrogen and oxygen atoms in total. The van der Waals surface area contributed by atoms with Gasteiger partial charge >= 0.3 is 5.97 Å². The number of carbonyl (C=O) groups is 4. The first-order chi connectivity index (χ1) is 16.2. The molecule has 34 heavy (non-hydrogen) atoms. The van der Waals surface area contributed by atoms with Crippen LogP contribution >= 0.6 is 0 Å². The van der Waals surface area contributed by atoms with Gasteiger partial charge in [0.2, 0.25) is 18.2 Å². The summed E-state index contributed by atoms with van der Waals surface area (Å²) in [7, 11) is 0. The third-order valence-corrected chi connectivity index (χ3v) is 4.94. The molecule has 0 fully saturated rings. The Morgan fingerprint density at radius 2 is 1.65 bits per heavy atom. The highest BCUT2D eigenvalue weighted by molar-refractivity contribution is 5.90. The number of hydroxylamine groups is 2. The molecule has 0 heterocycles. The molecular formula is C25H39N3O6. The van der Waals surface area contributed by atoms with Crippen molar-refractivity contribution in [2.24, 2.45) is 17.8 Å². The highest BCUT2D eigenvalue weighted by atomic mass is 16.7. The fourth-order valence-electron chi connectivity index (χ4n) is 3.40. The zero-order valence-electron chi connectivity index (χ0n) is 20.9. The minimum Gasteiger partial charge on any atom is -0.465 e. The monoisotopic (exact) mass is 477 g/mol. The highest BCUT2D eigenvalue weighted by Crippen LogP contribution is 2.16. The van der Waals surface area contributed by atoms with Crippen LogP contribution in [0, 0.1) is 17.8 Å². The first-order valence-corrected chi connectivity index (χ1v) is 11.8. The summed E-state index contributed by atoms with van der Waals surface area (Å²) in [5.74, 6) is -1.61. The lowest BCUT2D eigenvalue weighted by atomic mass is 9.95. The van der Waals surface area contributed by atoms with Crippen LogP contribution in [0.5, 0.6) is 0 Å². The number of hydrogen-bond acceptors (Lipinski definition) is 6. The van der Waals surface area contributed by atoms with E-state index in [4.69, 9.17) is 9.57 Å². The lowest BCUT2D eigenvalue weighted by Gasteiger charge is -2.27. The van der Waals surface area contributed by atoms with E-state index in [0.29, 0.717) is 19.3 Å². The predicted molar refractivity (Wildman–Crippen MR) is 128 cm³/mol. The number of nitrogens with zero attached hydrogens (tertiary/aromatic N) is 1. The number of esters is 1. The number of hydrogen-bond donors (Lipinski definition) is 2. The first kappa shape index (κ1) is 29.1. The Bertz CT molecular complexity index is 769. The quantitative estimate of drug-likeness (QED) is 0.215. The van der Waals surface area contributed by atoms with Crippen molar-refractivity contribution < 1.29 is 28.8 Å². The molecule has 0 aromatic heterocycles. The second-order valence-corrected chi connectivity index (χ2v) is 9.00. The standard InChI is InChI=1S/C25H39N3O6/c1-6-33-23(30)14-26-25(32)22(13-19(4)5)27-24(31)21(12-18(2)3)15-28(17-29)34-16-20-10-8-7-9-11-20/h7-11,17-19,21-22H,6,12-16H2,1-5H3,(H,26,32)(H,27,31)/t21?,22-/m0/s1. The summed E-state index contributed by atoms with van der Waals surface area (Å²) < 4.78 is 4.83. The molecule has 1 aromatic rings. The van der Waals surface area contributed by atoms with Crippen molar-refractivity contribution in [2.45, 2.75) is 60.1 Å². The summed E-state index contributed by atoms with van der Waals surface area (Å²) in [5.41, 5.74) is 0.898. The summed E-state index contributed by atoms with van der Waals surface area (Å²) in [6, 6.07) is 8.59. The molecule has 0 saturated heterocycles. The van der Waals surface area contributed by atoms with Gasteiger partial charge < -0.3 is 15.4 Å². The Kier molecular flexibility index (Phi) is 13.5. The number of carbonyl (C=O) groups excluding carboxylic acids is 4. The summed E-state index contributed by atoms with van der Waals surface area (Å²) in [5, 5.41) is 6.46. The lowest BCUT2D eigenvalue weighted by molar-refractivity contribution is -0.182. The topological polar surface area (TPSA) is 114 Å². The van der Waals surface area contributed by atoms with Gasteiger partial charge in [0.1, 0.15) is 19.2 Å². The molecule has 9 heteroatoms. The lowest BCUT2D eigenvalue weighted by Crippen LogP contribution is -2.51. The molecule has 1 rings (SSSR count). The van der Waals surface area contributed by atoms with E-state index < -0.39 is 23.8 Å². The molecule has 2 atom stereocenters. The minimum atomic E-state index is -0.813. The molecule has 1 aromatic carbocycles. The van der Waals surface area contributed by atoms with Crippen molar-refractivity contribution in [1.29, 1.82) is 0 Å². The van der Waals surface area contributed by atoms with Crippen molar-refractivity contribution in [3.63, 3.8) is 0 Å². The maximum atomic E-state index is 13.2. The summed E-state index contributed by atoms with van der Waals surface area (Å²) >= 11 is 0. The predicted octanol–water partition coefficient (Wildman–Crippen LogP) is 2.45. The van der Waals surface area contributed by atoms with Gasteiger partial charge in [-0.1, -0.05) is 58.0 Å². The summed E-state index contributed by atoms with van der Waals surface area (Å²) in [4.78, 5) is 54.6. The van der Waals surface area contributed by atoms with Gasteiger partial charge in [0.05, 0.1) is 19.1 Å². The van der Waals surface area contributed by atoms with Gasteiger partial charge in [-0.05, 0) is 37.2 Å². The van der Waals surface area contributed by atoms with Crippen LogP contribution < -0.4 is 10.6 Å². The fourth-order valence-corrected chi connectivity index (χ4v) is 3.40. The molecule has 1 unspecified atom stereocenters. The molecule has 3 amide bonds. The Hall–Kier alpha value is -2.94. The smallest absolute Gasteiger partial charge is 0.325 e. The van der Waals surface area contributed by atoms with Gasteiger partial charge in [-0.15, -0.1) is 0 Å². The average Bonchev–Trinajstić information content (AvgIpc) is 2.79. The normalized spacial score (nSPS) is 12.7. The van der Waals surface area contributed by atoms with E-state index in [1.54, 1.807) is 6.92 Å². The van der Waals surface area contributed by atoms with E-state index in [9.17, 15) is 19.2 Å². The van der Waals surface area contributed by atoms with Gasteiger partial charge in [-0.3, -0.25) is 24.0 Å². The van der Waals surface area contributed by atoms with Gasteiger partial charge in [0, 0.05) is 0 Å². The number of nitrogens with one attached hydrogen (secondary N) is 2. The van der Waals surface area contributed by atoms with Crippen LogP contribution in [-0.4, -0.2) is 55.0 Å². The van der Waals surface area contributed by atoms with Crippen LogP contribution in [0.15, 0.2) is 30.3 Å². The number of amides is 3. The SMILES string of the molecule is CCOC(=O)CNC(=O)[C@H](CC(C)C)NC(=O)C(CC(C)C)CN(C=O)OCc1ccccc1. The van der Waals surface area contributed by atoms with Crippen LogP contribution in [0.1, 0.15) is 53.0 Å². The van der Waals surface area contributed by atoms with Crippen LogP contribution in [0.4, 0.5) is 0 Å². The van der Waals surface area contributed by atoms with Crippen molar-refractivity contribution in [1.82, 2.24) is 15.7 Å². The van der Waals surface area contributed by atoms with E-state index in [2.05, 4.69) is 10.6 Å². The molecule has 190 valence electrons. The summed E-state index contributed by atoms with van der Waals surface area (Å²) in [6.07, 6.45) is 1.46. The van der Waals surface area contributed by atoms with Crippen molar-refractivity contribution in [3.8, 4) is 0 Å². The van der Waals surface area contributed by atoms with Crippen molar-refractivity contribution in [3.05, 3.63) is 35.9 Å². The fraction of sp³-hybridized carbons (Fsp3) is 0.600. The van der Waals surface area contributed by atoms with Crippen LogP contribution in [-0.2, 0) is 35.4 Å².